The van der Waals surface area contributed by atoms with Gasteiger partial charge >= 0.3 is 13.7 Å². The van der Waals surface area contributed by atoms with Crippen molar-refractivity contribution in [2.24, 2.45) is 5.92 Å². The fourth-order valence-electron chi connectivity index (χ4n) is 3.16. The number of carbonyl (C=O) groups excluding carboxylic acids is 2. The van der Waals surface area contributed by atoms with Gasteiger partial charge in [0.05, 0.1) is 20.3 Å². The zero-order valence-electron chi connectivity index (χ0n) is 20.1. The molecule has 1 aromatic rings. The summed E-state index contributed by atoms with van der Waals surface area (Å²) in [5.74, 6) is -2.24. The van der Waals surface area contributed by atoms with Gasteiger partial charge < -0.3 is 23.5 Å². The van der Waals surface area contributed by atoms with Gasteiger partial charge in [-0.05, 0) is 51.0 Å². The lowest BCUT2D eigenvalue weighted by Crippen LogP contribution is -2.43. The molecule has 12 nitrogen and oxygen atoms in total. The molecule has 0 aliphatic carbocycles. The summed E-state index contributed by atoms with van der Waals surface area (Å²) < 4.78 is 46.4. The number of rotatable bonds is 12. The zero-order valence-corrected chi connectivity index (χ0v) is 21.0. The molecule has 1 saturated heterocycles. The molecule has 13 heteroatoms. The number of carbonyl (C=O) groups is 2. The normalized spacial score (nSPS) is 22.0. The van der Waals surface area contributed by atoms with E-state index in [1.807, 2.05) is 0 Å². The van der Waals surface area contributed by atoms with Crippen LogP contribution in [0.3, 0.4) is 0 Å². The Labute approximate surface area is 198 Å². The first kappa shape index (κ1) is 28.0. The molecule has 0 saturated carbocycles. The van der Waals surface area contributed by atoms with Crippen molar-refractivity contribution in [3.8, 4) is 11.5 Å². The Morgan fingerprint density at radius 2 is 1.79 bits per heavy atom. The summed E-state index contributed by atoms with van der Waals surface area (Å²) in [6.07, 6.45) is -2.27. The monoisotopic (exact) mass is 504 g/mol. The van der Waals surface area contributed by atoms with E-state index in [0.717, 1.165) is 0 Å². The van der Waals surface area contributed by atoms with Gasteiger partial charge in [-0.1, -0.05) is 13.8 Å². The summed E-state index contributed by atoms with van der Waals surface area (Å²) in [7, 11) is -2.73. The van der Waals surface area contributed by atoms with Crippen LogP contribution in [-0.2, 0) is 32.9 Å². The van der Waals surface area contributed by atoms with E-state index in [1.165, 1.54) is 24.7 Å². The van der Waals surface area contributed by atoms with Crippen LogP contribution in [0.4, 0.5) is 0 Å². The first-order chi connectivity index (χ1) is 15.9. The molecule has 0 bridgehead atoms. The highest BCUT2D eigenvalue weighted by Gasteiger charge is 2.47. The largest absolute Gasteiger partial charge is 0.497 e. The average Bonchev–Trinajstić information content (AvgIpc) is 3.10. The molecule has 1 unspecified atom stereocenters. The summed E-state index contributed by atoms with van der Waals surface area (Å²) in [4.78, 5) is 24.5. The van der Waals surface area contributed by atoms with Crippen molar-refractivity contribution in [2.75, 3.05) is 20.3 Å². The molecule has 192 valence electrons. The second kappa shape index (κ2) is 12.0. The first-order valence-corrected chi connectivity index (χ1v) is 12.3. The molecule has 1 aliphatic heterocycles. The minimum Gasteiger partial charge on any atom is -0.497 e. The van der Waals surface area contributed by atoms with Crippen LogP contribution in [0.5, 0.6) is 11.5 Å². The first-order valence-electron chi connectivity index (χ1n) is 10.8. The maximum atomic E-state index is 13.8. The molecule has 0 radical (unpaired) electrons. The van der Waals surface area contributed by atoms with Gasteiger partial charge in [-0.3, -0.25) is 19.3 Å². The Morgan fingerprint density at radius 3 is 2.32 bits per heavy atom. The number of methoxy groups -OCH3 is 1. The smallest absolute Gasteiger partial charge is 0.459 e. The number of hydrogen-bond acceptors (Lipinski definition) is 10. The quantitative estimate of drug-likeness (QED) is 0.167. The average molecular weight is 504 g/mol. The predicted molar refractivity (Wildman–Crippen MR) is 119 cm³/mol. The Morgan fingerprint density at radius 1 is 1.18 bits per heavy atom. The number of esters is 1. The van der Waals surface area contributed by atoms with Crippen molar-refractivity contribution in [1.82, 2.24) is 10.6 Å². The van der Waals surface area contributed by atoms with Crippen LogP contribution in [0, 0.1) is 5.92 Å². The van der Waals surface area contributed by atoms with E-state index in [2.05, 4.69) is 5.09 Å². The van der Waals surface area contributed by atoms with E-state index in [-0.39, 0.29) is 18.3 Å². The van der Waals surface area contributed by atoms with Gasteiger partial charge in [0.1, 0.15) is 23.6 Å². The van der Waals surface area contributed by atoms with E-state index in [0.29, 0.717) is 5.75 Å². The minimum absolute atomic E-state index is 0.133. The topological polar surface area (TPSA) is 151 Å². The third kappa shape index (κ3) is 7.66. The van der Waals surface area contributed by atoms with E-state index in [9.17, 15) is 14.2 Å². The number of ether oxygens (including phenoxy) is 4. The number of nitrogens with one attached hydrogen (secondary N) is 2. The Hall–Kier alpha value is -2.21. The fourth-order valence-corrected chi connectivity index (χ4v) is 4.82. The number of amides is 1. The third-order valence-electron chi connectivity index (χ3n) is 4.75. The number of hydrogen-bond donors (Lipinski definition) is 3. The van der Waals surface area contributed by atoms with Crippen molar-refractivity contribution in [2.45, 2.75) is 58.7 Å². The Balaban J connectivity index is 2.28. The van der Waals surface area contributed by atoms with Crippen LogP contribution in [0.2, 0.25) is 0 Å². The predicted octanol–water partition coefficient (Wildman–Crippen LogP) is 2.40. The maximum absolute atomic E-state index is 13.8. The number of hydroxylamine groups is 1. The molecule has 0 spiro atoms. The second-order valence-electron chi connectivity index (χ2n) is 8.23. The lowest BCUT2D eigenvalue weighted by Gasteiger charge is -2.27. The van der Waals surface area contributed by atoms with Crippen molar-refractivity contribution in [3.63, 3.8) is 0 Å². The van der Waals surface area contributed by atoms with Crippen molar-refractivity contribution >= 4 is 19.6 Å². The molecular formula is C21H33N2O10P. The highest BCUT2D eigenvalue weighted by atomic mass is 31.2. The van der Waals surface area contributed by atoms with Crippen LogP contribution in [0.1, 0.15) is 34.6 Å². The van der Waals surface area contributed by atoms with Crippen molar-refractivity contribution in [3.05, 3.63) is 24.3 Å². The summed E-state index contributed by atoms with van der Waals surface area (Å²) >= 11 is 0. The Kier molecular flexibility index (Phi) is 9.86. The molecule has 1 heterocycles. The van der Waals surface area contributed by atoms with Crippen LogP contribution >= 0.6 is 7.75 Å². The molecule has 1 fully saturated rings. The van der Waals surface area contributed by atoms with Crippen molar-refractivity contribution < 1.29 is 47.4 Å². The van der Waals surface area contributed by atoms with E-state index in [1.54, 1.807) is 46.8 Å². The van der Waals surface area contributed by atoms with Crippen LogP contribution < -0.4 is 19.8 Å². The molecule has 1 aliphatic rings. The second-order valence-corrected chi connectivity index (χ2v) is 9.93. The fraction of sp³-hybridized carbons (Fsp3) is 0.619. The molecule has 4 atom stereocenters. The summed E-state index contributed by atoms with van der Waals surface area (Å²) in [6.45, 7) is 8.00. The van der Waals surface area contributed by atoms with Crippen molar-refractivity contribution in [1.29, 1.82) is 0 Å². The van der Waals surface area contributed by atoms with Gasteiger partial charge in [0.2, 0.25) is 0 Å². The lowest BCUT2D eigenvalue weighted by molar-refractivity contribution is -0.160. The van der Waals surface area contributed by atoms with Gasteiger partial charge in [-0.2, -0.15) is 5.09 Å². The lowest BCUT2D eigenvalue weighted by atomic mass is 10.1. The van der Waals surface area contributed by atoms with E-state index >= 15 is 0 Å². The molecule has 2 rings (SSSR count). The highest BCUT2D eigenvalue weighted by Crippen LogP contribution is 2.46. The number of benzene rings is 1. The van der Waals surface area contributed by atoms with Gasteiger partial charge in [0.15, 0.2) is 11.9 Å². The molecule has 34 heavy (non-hydrogen) atoms. The summed E-state index contributed by atoms with van der Waals surface area (Å²) in [5.41, 5.74) is 1.51. The van der Waals surface area contributed by atoms with Crippen LogP contribution in [0.25, 0.3) is 0 Å². The molecular weight excluding hydrogens is 471 g/mol. The standard InChI is InChI=1S/C21H33N2O10P/c1-7-29-20(25)17(13(2)3)23-34(27,33-15-10-8-14(28-6)9-11-15)30-12-16-18(19(24)22-26)32-21(4,5)31-16/h8-11,13,16-18,26H,7,12H2,1-6H3,(H,22,24)(H,23,27)/t16-,17+,18-,34?/m1/s1. The van der Waals surface area contributed by atoms with Crippen LogP contribution in [0.15, 0.2) is 24.3 Å². The van der Waals surface area contributed by atoms with Gasteiger partial charge in [0.25, 0.3) is 5.91 Å². The third-order valence-corrected chi connectivity index (χ3v) is 6.28. The maximum Gasteiger partial charge on any atom is 0.459 e. The SMILES string of the molecule is CCOC(=O)[C@@H](NP(=O)(OC[C@H]1OC(C)(C)O[C@H]1C(=O)NO)Oc1ccc(OC)cc1)C(C)C. The summed E-state index contributed by atoms with van der Waals surface area (Å²) in [5, 5.41) is 11.7. The van der Waals surface area contributed by atoms with Gasteiger partial charge in [0, 0.05) is 0 Å². The van der Waals surface area contributed by atoms with Gasteiger partial charge in [-0.25, -0.2) is 10.0 Å². The van der Waals surface area contributed by atoms with E-state index in [4.69, 9.17) is 33.2 Å². The van der Waals surface area contributed by atoms with E-state index < -0.39 is 50.3 Å². The van der Waals surface area contributed by atoms with Gasteiger partial charge in [-0.15, -0.1) is 0 Å². The summed E-state index contributed by atoms with van der Waals surface area (Å²) in [6, 6.07) is 5.22. The molecule has 1 amide bonds. The zero-order chi connectivity index (χ0) is 25.5. The highest BCUT2D eigenvalue weighted by molar-refractivity contribution is 7.52. The van der Waals surface area contributed by atoms with Crippen LogP contribution in [-0.4, -0.2) is 61.4 Å². The Bertz CT molecular complexity index is 877. The minimum atomic E-state index is -4.23. The molecule has 1 aromatic carbocycles. The molecule has 3 N–H and O–H groups in total. The molecule has 0 aromatic heterocycles.